The van der Waals surface area contributed by atoms with E-state index in [9.17, 15) is 13.6 Å². The Morgan fingerprint density at radius 3 is 2.68 bits per heavy atom. The van der Waals surface area contributed by atoms with Crippen LogP contribution in [-0.2, 0) is 4.74 Å². The van der Waals surface area contributed by atoms with E-state index >= 15 is 0 Å². The van der Waals surface area contributed by atoms with Gasteiger partial charge in [-0.1, -0.05) is 11.6 Å². The molecule has 0 unspecified atom stereocenters. The number of carbonyl (C=O) groups is 1. The average Bonchev–Trinajstić information content (AvgIpc) is 2.26. The van der Waals surface area contributed by atoms with E-state index in [-0.39, 0.29) is 28.6 Å². The van der Waals surface area contributed by atoms with Crippen LogP contribution in [0.25, 0.3) is 0 Å². The summed E-state index contributed by atoms with van der Waals surface area (Å²) in [5, 5.41) is 0.131. The molecule has 7 heteroatoms. The minimum absolute atomic E-state index is 0.0787. The van der Waals surface area contributed by atoms with Crippen molar-refractivity contribution in [2.24, 2.45) is 0 Å². The number of esters is 1. The Morgan fingerprint density at radius 1 is 1.53 bits per heavy atom. The second kappa shape index (κ2) is 6.56. The number of nitrogen functional groups attached to an aromatic ring is 1. The third kappa shape index (κ3) is 3.96. The molecule has 106 valence electrons. The van der Waals surface area contributed by atoms with Crippen LogP contribution < -0.4 is 10.6 Å². The predicted molar refractivity (Wildman–Crippen MR) is 71.1 cm³/mol. The van der Waals surface area contributed by atoms with Gasteiger partial charge in [0.1, 0.15) is 0 Å². The predicted octanol–water partition coefficient (Wildman–Crippen LogP) is 2.80. The van der Waals surface area contributed by atoms with Gasteiger partial charge in [0.25, 0.3) is 6.43 Å². The fourth-order valence-electron chi connectivity index (χ4n) is 1.67. The number of hydrogen-bond donors (Lipinski definition) is 1. The van der Waals surface area contributed by atoms with Gasteiger partial charge in [-0.15, -0.1) is 0 Å². The molecule has 0 atom stereocenters. The van der Waals surface area contributed by atoms with Gasteiger partial charge in [0.05, 0.1) is 29.4 Å². The number of ether oxygens (including phenoxy) is 1. The van der Waals surface area contributed by atoms with Crippen LogP contribution in [0.15, 0.2) is 12.1 Å². The second-order valence-electron chi connectivity index (χ2n) is 3.89. The first-order valence-corrected chi connectivity index (χ1v) is 6.00. The van der Waals surface area contributed by atoms with Crippen molar-refractivity contribution in [1.29, 1.82) is 0 Å². The Bertz CT molecular complexity index is 469. The van der Waals surface area contributed by atoms with E-state index in [1.165, 1.54) is 24.1 Å². The van der Waals surface area contributed by atoms with Crippen molar-refractivity contribution in [1.82, 2.24) is 0 Å². The Balaban J connectivity index is 3.23. The first kappa shape index (κ1) is 15.5. The molecule has 0 aliphatic rings. The van der Waals surface area contributed by atoms with E-state index in [4.69, 9.17) is 22.1 Å². The summed E-state index contributed by atoms with van der Waals surface area (Å²) in [7, 11) is 1.42. The first-order valence-electron chi connectivity index (χ1n) is 5.62. The van der Waals surface area contributed by atoms with Gasteiger partial charge in [-0.2, -0.15) is 0 Å². The van der Waals surface area contributed by atoms with Crippen LogP contribution in [0.5, 0.6) is 0 Å². The normalized spacial score (nSPS) is 10.6. The molecule has 2 N–H and O–H groups in total. The van der Waals surface area contributed by atoms with Crippen LogP contribution in [0.4, 0.5) is 20.2 Å². The standard InChI is InChI=1S/C12H15ClF2N2O2/c1-3-19-12(18)8-4-7(16)5-9(13)11(8)17(2)6-10(14)15/h4-5,10H,3,6,16H2,1-2H3. The third-order valence-corrected chi connectivity index (χ3v) is 2.66. The molecule has 0 heterocycles. The fourth-order valence-corrected chi connectivity index (χ4v) is 2.04. The van der Waals surface area contributed by atoms with Crippen LogP contribution in [0.2, 0.25) is 5.02 Å². The topological polar surface area (TPSA) is 55.6 Å². The molecule has 0 spiro atoms. The van der Waals surface area contributed by atoms with Gasteiger partial charge >= 0.3 is 5.97 Å². The minimum Gasteiger partial charge on any atom is -0.462 e. The summed E-state index contributed by atoms with van der Waals surface area (Å²) >= 11 is 5.98. The fraction of sp³-hybridized carbons (Fsp3) is 0.417. The zero-order valence-electron chi connectivity index (χ0n) is 10.6. The van der Waals surface area contributed by atoms with Crippen molar-refractivity contribution in [3.8, 4) is 0 Å². The summed E-state index contributed by atoms with van der Waals surface area (Å²) in [6, 6.07) is 2.77. The first-order chi connectivity index (χ1) is 8.86. The highest BCUT2D eigenvalue weighted by Crippen LogP contribution is 2.32. The zero-order valence-corrected chi connectivity index (χ0v) is 11.4. The SMILES string of the molecule is CCOC(=O)c1cc(N)cc(Cl)c1N(C)CC(F)F. The number of hydrogen-bond acceptors (Lipinski definition) is 4. The molecule has 0 saturated carbocycles. The van der Waals surface area contributed by atoms with Crippen LogP contribution in [0.1, 0.15) is 17.3 Å². The van der Waals surface area contributed by atoms with Crippen molar-refractivity contribution < 1.29 is 18.3 Å². The van der Waals surface area contributed by atoms with E-state index in [2.05, 4.69) is 0 Å². The third-order valence-electron chi connectivity index (χ3n) is 2.37. The number of benzene rings is 1. The monoisotopic (exact) mass is 292 g/mol. The highest BCUT2D eigenvalue weighted by Gasteiger charge is 2.21. The lowest BCUT2D eigenvalue weighted by Gasteiger charge is -2.23. The number of carbonyl (C=O) groups excluding carboxylic acids is 1. The molecule has 1 aromatic rings. The lowest BCUT2D eigenvalue weighted by atomic mass is 10.1. The van der Waals surface area contributed by atoms with Gasteiger partial charge < -0.3 is 15.4 Å². The zero-order chi connectivity index (χ0) is 14.6. The van der Waals surface area contributed by atoms with Gasteiger partial charge in [-0.25, -0.2) is 13.6 Å². The summed E-state index contributed by atoms with van der Waals surface area (Å²) < 4.78 is 29.7. The van der Waals surface area contributed by atoms with Crippen LogP contribution >= 0.6 is 11.6 Å². The number of nitrogens with two attached hydrogens (primary N) is 1. The highest BCUT2D eigenvalue weighted by molar-refractivity contribution is 6.34. The van der Waals surface area contributed by atoms with E-state index in [0.29, 0.717) is 0 Å². The van der Waals surface area contributed by atoms with Gasteiger partial charge in [-0.3, -0.25) is 0 Å². The molecule has 1 rings (SSSR count). The Labute approximate surface area is 115 Å². The molecular formula is C12H15ClF2N2O2. The summed E-state index contributed by atoms with van der Waals surface area (Å²) in [4.78, 5) is 13.0. The smallest absolute Gasteiger partial charge is 0.340 e. The maximum Gasteiger partial charge on any atom is 0.340 e. The van der Waals surface area contributed by atoms with E-state index in [0.717, 1.165) is 0 Å². The van der Waals surface area contributed by atoms with Crippen LogP contribution in [-0.4, -0.2) is 32.6 Å². The van der Waals surface area contributed by atoms with E-state index < -0.39 is 18.9 Å². The largest absolute Gasteiger partial charge is 0.462 e. The molecule has 4 nitrogen and oxygen atoms in total. The minimum atomic E-state index is -2.55. The van der Waals surface area contributed by atoms with Crippen LogP contribution in [0.3, 0.4) is 0 Å². The molecule has 0 aliphatic carbocycles. The average molecular weight is 293 g/mol. The molecule has 0 aliphatic heterocycles. The summed E-state index contributed by atoms with van der Waals surface area (Å²) in [5.41, 5.74) is 6.14. The van der Waals surface area contributed by atoms with E-state index in [1.54, 1.807) is 6.92 Å². The molecule has 0 fully saturated rings. The molecule has 0 saturated heterocycles. The van der Waals surface area contributed by atoms with Crippen molar-refractivity contribution >= 4 is 28.9 Å². The lowest BCUT2D eigenvalue weighted by molar-refractivity contribution is 0.0526. The van der Waals surface area contributed by atoms with E-state index in [1.807, 2.05) is 0 Å². The number of alkyl halides is 2. The molecule has 0 bridgehead atoms. The van der Waals surface area contributed by atoms with Gasteiger partial charge in [0, 0.05) is 12.7 Å². The quantitative estimate of drug-likeness (QED) is 0.670. The molecular weight excluding hydrogens is 278 g/mol. The second-order valence-corrected chi connectivity index (χ2v) is 4.30. The molecule has 19 heavy (non-hydrogen) atoms. The van der Waals surface area contributed by atoms with Crippen molar-refractivity contribution in [2.75, 3.05) is 30.8 Å². The molecule has 0 radical (unpaired) electrons. The van der Waals surface area contributed by atoms with Gasteiger partial charge in [-0.05, 0) is 19.1 Å². The van der Waals surface area contributed by atoms with Crippen molar-refractivity contribution in [3.63, 3.8) is 0 Å². The number of nitrogens with zero attached hydrogens (tertiary/aromatic N) is 1. The Hall–Kier alpha value is -1.56. The lowest BCUT2D eigenvalue weighted by Crippen LogP contribution is -2.26. The number of anilines is 2. The van der Waals surface area contributed by atoms with Crippen molar-refractivity contribution in [2.45, 2.75) is 13.3 Å². The number of halogens is 3. The van der Waals surface area contributed by atoms with Crippen molar-refractivity contribution in [3.05, 3.63) is 22.7 Å². The maximum absolute atomic E-state index is 12.4. The molecule has 1 aromatic carbocycles. The highest BCUT2D eigenvalue weighted by atomic mass is 35.5. The van der Waals surface area contributed by atoms with Crippen LogP contribution in [0, 0.1) is 0 Å². The Kier molecular flexibility index (Phi) is 5.35. The maximum atomic E-state index is 12.4. The number of rotatable bonds is 5. The Morgan fingerprint density at radius 2 is 2.16 bits per heavy atom. The molecule has 0 aromatic heterocycles. The summed E-state index contributed by atoms with van der Waals surface area (Å²) in [6.07, 6.45) is -2.55. The molecule has 0 amide bonds. The van der Waals surface area contributed by atoms with Gasteiger partial charge in [0.15, 0.2) is 0 Å². The van der Waals surface area contributed by atoms with Gasteiger partial charge in [0.2, 0.25) is 0 Å². The summed E-state index contributed by atoms with van der Waals surface area (Å²) in [6.45, 7) is 1.27. The summed E-state index contributed by atoms with van der Waals surface area (Å²) in [5.74, 6) is -0.646.